The van der Waals surface area contributed by atoms with Crippen LogP contribution in [0.5, 0.6) is 0 Å². The van der Waals surface area contributed by atoms with Gasteiger partial charge in [-0.2, -0.15) is 4.31 Å². The smallest absolute Gasteiger partial charge is 0.290 e. The normalized spacial score (nSPS) is 18.2. The van der Waals surface area contributed by atoms with Gasteiger partial charge in [-0.15, -0.1) is 0 Å². The third kappa shape index (κ3) is 6.84. The zero-order valence-corrected chi connectivity index (χ0v) is 24.0. The Hall–Kier alpha value is -3.58. The number of hydrogen-bond acceptors (Lipinski definition) is 7. The van der Waals surface area contributed by atoms with Gasteiger partial charge in [-0.3, -0.25) is 19.4 Å². The van der Waals surface area contributed by atoms with E-state index in [0.717, 1.165) is 10.8 Å². The number of ether oxygens (including phenoxy) is 1. The summed E-state index contributed by atoms with van der Waals surface area (Å²) in [7, 11) is -4.09. The van der Waals surface area contributed by atoms with E-state index in [9.17, 15) is 18.0 Å². The maximum absolute atomic E-state index is 14.1. The number of halogens is 1. The monoisotopic (exact) mass is 602 g/mol. The van der Waals surface area contributed by atoms with Crippen LogP contribution in [-0.2, 0) is 35.7 Å². The molecule has 0 radical (unpaired) electrons. The lowest BCUT2D eigenvalue weighted by Gasteiger charge is -2.33. The van der Waals surface area contributed by atoms with Gasteiger partial charge in [-0.05, 0) is 60.0 Å². The molecule has 3 aromatic rings. The molecule has 2 aliphatic rings. The molecule has 3 heterocycles. The molecule has 0 unspecified atom stereocenters. The van der Waals surface area contributed by atoms with Crippen molar-refractivity contribution in [1.29, 1.82) is 0 Å². The molecule has 0 aliphatic carbocycles. The number of aromatic nitrogens is 1. The number of carboxylic acid groups (broad SMARTS) is 1. The van der Waals surface area contributed by atoms with E-state index >= 15 is 0 Å². The topological polar surface area (TPSA) is 137 Å². The fraction of sp³-hybridized carbons (Fsp3) is 0.357. The SMILES string of the molecule is C[C@@H](C(=O)N1CCOCC1)N1CC[C@H](N(Cc2cccnc2)S(=O)(=O)c2ccc3cc(Cl)ccc3c2)C1=O.O=CO. The molecule has 2 saturated heterocycles. The van der Waals surface area contributed by atoms with Crippen LogP contribution in [0.1, 0.15) is 18.9 Å². The molecule has 13 heteroatoms. The number of fused-ring (bicyclic) bond motifs is 1. The summed E-state index contributed by atoms with van der Waals surface area (Å²) in [5.74, 6) is -0.531. The first-order valence-corrected chi connectivity index (χ1v) is 14.8. The third-order valence-electron chi connectivity index (χ3n) is 7.15. The summed E-state index contributed by atoms with van der Waals surface area (Å²) in [5, 5.41) is 8.98. The highest BCUT2D eigenvalue weighted by Gasteiger charge is 2.45. The van der Waals surface area contributed by atoms with Gasteiger partial charge in [-0.25, -0.2) is 8.42 Å². The van der Waals surface area contributed by atoms with Gasteiger partial charge in [0, 0.05) is 43.6 Å². The number of nitrogens with zero attached hydrogens (tertiary/aromatic N) is 4. The fourth-order valence-electron chi connectivity index (χ4n) is 5.04. The molecule has 41 heavy (non-hydrogen) atoms. The molecule has 0 spiro atoms. The summed E-state index contributed by atoms with van der Waals surface area (Å²) in [6.45, 7) is 3.59. The Bertz CT molecular complexity index is 1500. The van der Waals surface area contributed by atoms with Crippen LogP contribution in [0.4, 0.5) is 0 Å². The molecular weight excluding hydrogens is 572 g/mol. The maximum atomic E-state index is 14.1. The zero-order chi connectivity index (χ0) is 29.6. The number of rotatable bonds is 7. The van der Waals surface area contributed by atoms with Crippen molar-refractivity contribution in [2.75, 3.05) is 32.8 Å². The Kier molecular flexibility index (Phi) is 9.92. The molecular formula is C28H31ClN4O7S. The van der Waals surface area contributed by atoms with Crippen molar-refractivity contribution >= 4 is 50.7 Å². The van der Waals surface area contributed by atoms with Crippen LogP contribution in [0.25, 0.3) is 10.8 Å². The number of amides is 2. The van der Waals surface area contributed by atoms with E-state index in [1.54, 1.807) is 66.7 Å². The lowest BCUT2D eigenvalue weighted by Crippen LogP contribution is -2.53. The first-order chi connectivity index (χ1) is 19.7. The molecule has 2 aliphatic heterocycles. The average molecular weight is 603 g/mol. The number of hydrogen-bond donors (Lipinski definition) is 1. The van der Waals surface area contributed by atoms with E-state index < -0.39 is 22.1 Å². The molecule has 5 rings (SSSR count). The van der Waals surface area contributed by atoms with Gasteiger partial charge in [0.1, 0.15) is 12.1 Å². The summed E-state index contributed by atoms with van der Waals surface area (Å²) in [5.41, 5.74) is 0.660. The number of carbonyl (C=O) groups excluding carboxylic acids is 2. The molecule has 1 aromatic heterocycles. The number of carbonyl (C=O) groups is 3. The lowest BCUT2D eigenvalue weighted by molar-refractivity contribution is -0.146. The van der Waals surface area contributed by atoms with Crippen LogP contribution in [0, 0.1) is 0 Å². The third-order valence-corrected chi connectivity index (χ3v) is 9.23. The Balaban J connectivity index is 0.00000124. The molecule has 2 fully saturated rings. The zero-order valence-electron chi connectivity index (χ0n) is 22.4. The second-order valence-electron chi connectivity index (χ2n) is 9.62. The lowest BCUT2D eigenvalue weighted by atomic mass is 10.1. The predicted molar refractivity (Wildman–Crippen MR) is 152 cm³/mol. The van der Waals surface area contributed by atoms with Crippen LogP contribution < -0.4 is 0 Å². The van der Waals surface area contributed by atoms with E-state index in [4.69, 9.17) is 26.2 Å². The van der Waals surface area contributed by atoms with Gasteiger partial charge >= 0.3 is 0 Å². The van der Waals surface area contributed by atoms with E-state index in [1.807, 2.05) is 0 Å². The number of sulfonamides is 1. The van der Waals surface area contributed by atoms with E-state index in [1.165, 1.54) is 15.3 Å². The minimum absolute atomic E-state index is 0.0230. The summed E-state index contributed by atoms with van der Waals surface area (Å²) >= 11 is 6.09. The van der Waals surface area contributed by atoms with E-state index in [0.29, 0.717) is 36.9 Å². The quantitative estimate of drug-likeness (QED) is 0.408. The van der Waals surface area contributed by atoms with E-state index in [-0.39, 0.29) is 42.7 Å². The number of likely N-dealkylation sites (tertiary alicyclic amines) is 1. The Morgan fingerprint density at radius 1 is 1.17 bits per heavy atom. The van der Waals surface area contributed by atoms with Crippen LogP contribution in [0.3, 0.4) is 0 Å². The largest absolute Gasteiger partial charge is 0.483 e. The summed E-state index contributed by atoms with van der Waals surface area (Å²) in [6, 6.07) is 12.0. The first-order valence-electron chi connectivity index (χ1n) is 13.0. The van der Waals surface area contributed by atoms with Crippen LogP contribution in [0.15, 0.2) is 65.8 Å². The highest BCUT2D eigenvalue weighted by atomic mass is 35.5. The number of morpholine rings is 1. The first kappa shape index (κ1) is 30.4. The van der Waals surface area contributed by atoms with Gasteiger partial charge in [0.05, 0.1) is 18.1 Å². The summed E-state index contributed by atoms with van der Waals surface area (Å²) in [6.07, 6.45) is 3.48. The average Bonchev–Trinajstić information content (AvgIpc) is 3.36. The maximum Gasteiger partial charge on any atom is 0.290 e. The molecule has 11 nitrogen and oxygen atoms in total. The molecule has 0 saturated carbocycles. The molecule has 1 N–H and O–H groups in total. The molecule has 2 amide bonds. The van der Waals surface area contributed by atoms with Gasteiger partial charge in [0.2, 0.25) is 21.8 Å². The Morgan fingerprint density at radius 3 is 2.54 bits per heavy atom. The van der Waals surface area contributed by atoms with Crippen molar-refractivity contribution in [3.05, 3.63) is 71.5 Å². The van der Waals surface area contributed by atoms with Gasteiger partial charge in [-0.1, -0.05) is 29.8 Å². The van der Waals surface area contributed by atoms with Crippen LogP contribution >= 0.6 is 11.6 Å². The molecule has 0 bridgehead atoms. The standard InChI is InChI=1S/C27H29ClN4O5S.CH2O2/c1-19(26(33)30-11-13-37-14-12-30)31-10-8-25(27(31)34)32(18-20-3-2-9-29-17-20)38(35,36)24-7-5-21-15-23(28)6-4-22(21)16-24;2-1-3/h2-7,9,15-17,19,25H,8,10-14,18H2,1H3;1H,(H,2,3)/t19-,25-;/m0./s1. The van der Waals surface area contributed by atoms with Gasteiger partial charge in [0.25, 0.3) is 6.47 Å². The Labute approximate surface area is 243 Å². The minimum Gasteiger partial charge on any atom is -0.483 e. The summed E-state index contributed by atoms with van der Waals surface area (Å²) < 4.78 is 34.7. The molecule has 218 valence electrons. The highest BCUT2D eigenvalue weighted by molar-refractivity contribution is 7.89. The highest BCUT2D eigenvalue weighted by Crippen LogP contribution is 2.30. The number of benzene rings is 2. The molecule has 2 atom stereocenters. The summed E-state index contributed by atoms with van der Waals surface area (Å²) in [4.78, 5) is 42.5. The van der Waals surface area contributed by atoms with Crippen LogP contribution in [-0.4, -0.2) is 95.8 Å². The number of pyridine rings is 1. The van der Waals surface area contributed by atoms with Crippen LogP contribution in [0.2, 0.25) is 5.02 Å². The molecule has 2 aromatic carbocycles. The minimum atomic E-state index is -4.09. The van der Waals surface area contributed by atoms with Crippen molar-refractivity contribution < 1.29 is 32.6 Å². The van der Waals surface area contributed by atoms with Gasteiger partial charge < -0.3 is 19.6 Å². The van der Waals surface area contributed by atoms with Crippen molar-refractivity contribution in [3.63, 3.8) is 0 Å². The second kappa shape index (κ2) is 13.4. The van der Waals surface area contributed by atoms with E-state index in [2.05, 4.69) is 4.98 Å². The second-order valence-corrected chi connectivity index (χ2v) is 11.9. The van der Waals surface area contributed by atoms with Gasteiger partial charge in [0.15, 0.2) is 0 Å². The van der Waals surface area contributed by atoms with Crippen molar-refractivity contribution in [2.24, 2.45) is 0 Å². The Morgan fingerprint density at radius 2 is 1.85 bits per heavy atom. The van der Waals surface area contributed by atoms with Crippen molar-refractivity contribution in [2.45, 2.75) is 36.9 Å². The predicted octanol–water partition coefficient (Wildman–Crippen LogP) is 2.63. The fourth-order valence-corrected chi connectivity index (χ4v) is 6.86. The van der Waals surface area contributed by atoms with Crippen molar-refractivity contribution in [3.8, 4) is 0 Å². The van der Waals surface area contributed by atoms with Crippen molar-refractivity contribution in [1.82, 2.24) is 19.1 Å².